The van der Waals surface area contributed by atoms with Crippen molar-refractivity contribution in [3.05, 3.63) is 266 Å². The van der Waals surface area contributed by atoms with Gasteiger partial charge in [0.25, 0.3) is 17.7 Å². The number of rotatable bonds is 16. The highest BCUT2D eigenvalue weighted by Gasteiger charge is 2.33. The van der Waals surface area contributed by atoms with Crippen LogP contribution in [0.25, 0.3) is 0 Å². The summed E-state index contributed by atoms with van der Waals surface area (Å²) in [6.45, 7) is 22.9. The molecule has 604 valence electrons. The number of para-hydroxylation sites is 4. The van der Waals surface area contributed by atoms with Crippen LogP contribution in [0, 0.1) is 91.3 Å². The van der Waals surface area contributed by atoms with Crippen LogP contribution in [-0.2, 0) is 0 Å². The molecule has 21 heteroatoms. The van der Waals surface area contributed by atoms with E-state index in [2.05, 4.69) is 108 Å². The van der Waals surface area contributed by atoms with Crippen molar-refractivity contribution in [3.63, 3.8) is 0 Å². The molecule has 6 heterocycles. The third kappa shape index (κ3) is 20.3. The summed E-state index contributed by atoms with van der Waals surface area (Å²) in [7, 11) is 0. The Morgan fingerprint density at radius 3 is 1.25 bits per heavy atom. The number of aryl methyl sites for hydroxylation is 5. The van der Waals surface area contributed by atoms with Gasteiger partial charge in [-0.25, -0.2) is 0 Å². The van der Waals surface area contributed by atoms with Gasteiger partial charge in [0.15, 0.2) is 0 Å². The highest BCUT2D eigenvalue weighted by Crippen LogP contribution is 2.34. The normalized spacial score (nSPS) is 17.7. The number of carbonyl (C=O) groups excluding carboxylic acids is 3. The van der Waals surface area contributed by atoms with Gasteiger partial charge in [-0.15, -0.1) is 0 Å². The third-order valence-electron chi connectivity index (χ3n) is 24.1. The number of aliphatic hydroxyl groups excluding tert-OH is 1. The van der Waals surface area contributed by atoms with Crippen molar-refractivity contribution in [3.8, 4) is 30.3 Å². The molecule has 0 saturated carbocycles. The Hall–Kier alpha value is -13.0. The Bertz CT molecular complexity index is 5230. The van der Waals surface area contributed by atoms with Crippen molar-refractivity contribution < 1.29 is 19.5 Å². The van der Waals surface area contributed by atoms with Gasteiger partial charge in [-0.05, 0) is 229 Å². The van der Waals surface area contributed by atoms with Gasteiger partial charge in [-0.2, -0.15) is 26.3 Å². The highest BCUT2D eigenvalue weighted by molar-refractivity contribution is 5.99. The molecular formula is C97H107N17O4. The lowest BCUT2D eigenvalue weighted by atomic mass is 10.0. The number of nitriles is 5. The smallest absolute Gasteiger partial charge is 0.254 e. The van der Waals surface area contributed by atoms with Crippen LogP contribution in [-0.4, -0.2) is 180 Å². The molecule has 21 nitrogen and oxygen atoms in total. The molecule has 4 N–H and O–H groups in total. The standard InChI is InChI=1S/2C33H36N6O.C31H35N5O2/c1-24-19-25(2)31(36-28-9-6-13-37(14-12-28)29-10-5-7-26(20-29)22-34)21-30(24)33(40)39-17-15-38(16-18-39)32-11-4-3-8-27(32)23-35;1-24-20-25(2)31(36-28-7-5-14-37(15-13-28)29-11-9-26(22-34)10-12-29)21-30(24)33(40)39-18-16-38(17-19-39)32-8-4-3-6-27(32)23-35;1-23-11-12-26(33-25-13-15-34(16-14-25)30-10-6-5-7-24(30)20-32)19-29(23)31(38)35-17-18-36(28(21-35)22-37)27-8-3-2-4-9-27/h3-5,7-8,10-11,19-21,28,36H,6,9,12-18H2,1-2H3;3-4,6,8-12,20-21,28,36H,5,7,13-19H2,1-2H3;2-12,19,25,28,33,37H,13-18,21-22H2,1H3/t;;28-/m..1/s1. The molecule has 6 saturated heterocycles. The minimum absolute atomic E-state index is 0.00318. The number of hydrogen-bond acceptors (Lipinski definition) is 18. The van der Waals surface area contributed by atoms with Gasteiger partial charge in [0.05, 0.1) is 69.7 Å². The van der Waals surface area contributed by atoms with Crippen molar-refractivity contribution in [2.75, 3.05) is 163 Å². The predicted molar refractivity (Wildman–Crippen MR) is 471 cm³/mol. The number of anilines is 9. The molecule has 3 amide bonds. The topological polar surface area (TPSA) is 256 Å². The summed E-state index contributed by atoms with van der Waals surface area (Å²) in [4.78, 5) is 60.3. The van der Waals surface area contributed by atoms with Crippen LogP contribution in [0.15, 0.2) is 194 Å². The largest absolute Gasteiger partial charge is 0.394 e. The Morgan fingerprint density at radius 1 is 0.347 bits per heavy atom. The lowest BCUT2D eigenvalue weighted by Crippen LogP contribution is -2.56. The summed E-state index contributed by atoms with van der Waals surface area (Å²) in [6, 6.07) is 75.4. The molecule has 6 aliphatic rings. The summed E-state index contributed by atoms with van der Waals surface area (Å²) in [5.41, 5.74) is 20.1. The second-order valence-corrected chi connectivity index (χ2v) is 31.8. The molecular weight excluding hydrogens is 1470 g/mol. The fourth-order valence-corrected chi connectivity index (χ4v) is 17.4. The minimum atomic E-state index is -0.131. The first-order valence-electron chi connectivity index (χ1n) is 41.7. The van der Waals surface area contributed by atoms with Crippen LogP contribution in [0.4, 0.5) is 51.2 Å². The maximum atomic E-state index is 13.6. The van der Waals surface area contributed by atoms with E-state index in [4.69, 9.17) is 5.26 Å². The van der Waals surface area contributed by atoms with Gasteiger partial charge >= 0.3 is 0 Å². The molecule has 0 radical (unpaired) electrons. The van der Waals surface area contributed by atoms with E-state index in [9.17, 15) is 40.5 Å². The van der Waals surface area contributed by atoms with E-state index in [0.29, 0.717) is 123 Å². The Kier molecular flexibility index (Phi) is 27.8. The van der Waals surface area contributed by atoms with Crippen molar-refractivity contribution in [2.45, 2.75) is 110 Å². The minimum Gasteiger partial charge on any atom is -0.394 e. The van der Waals surface area contributed by atoms with Crippen LogP contribution in [0.5, 0.6) is 0 Å². The highest BCUT2D eigenvalue weighted by atomic mass is 16.3. The number of hydrogen-bond donors (Lipinski definition) is 4. The molecule has 118 heavy (non-hydrogen) atoms. The van der Waals surface area contributed by atoms with Gasteiger partial charge in [-0.1, -0.05) is 78.9 Å². The number of benzene rings is 9. The lowest BCUT2D eigenvalue weighted by Gasteiger charge is -2.42. The van der Waals surface area contributed by atoms with Gasteiger partial charge in [-0.3, -0.25) is 14.4 Å². The zero-order valence-electron chi connectivity index (χ0n) is 68.6. The van der Waals surface area contributed by atoms with Crippen molar-refractivity contribution in [1.29, 1.82) is 26.3 Å². The monoisotopic (exact) mass is 1570 g/mol. The molecule has 15 rings (SSSR count). The molecule has 9 aromatic carbocycles. The number of piperazine rings is 3. The molecule has 6 aliphatic heterocycles. The first-order valence-corrected chi connectivity index (χ1v) is 41.7. The number of nitrogens with one attached hydrogen (secondary N) is 3. The maximum absolute atomic E-state index is 13.6. The number of aliphatic hydroxyl groups is 1. The Balaban J connectivity index is 0.000000154. The van der Waals surface area contributed by atoms with Crippen LogP contribution in [0.1, 0.15) is 138 Å². The molecule has 9 aromatic rings. The van der Waals surface area contributed by atoms with E-state index in [1.165, 1.54) is 0 Å². The fourth-order valence-electron chi connectivity index (χ4n) is 17.4. The third-order valence-corrected chi connectivity index (χ3v) is 24.1. The van der Waals surface area contributed by atoms with Gasteiger partial charge in [0, 0.05) is 180 Å². The maximum Gasteiger partial charge on any atom is 0.254 e. The summed E-state index contributed by atoms with van der Waals surface area (Å²) >= 11 is 0. The van der Waals surface area contributed by atoms with Crippen LogP contribution < -0.4 is 45.3 Å². The quantitative estimate of drug-likeness (QED) is 0.0701. The second kappa shape index (κ2) is 39.6. The van der Waals surface area contributed by atoms with Gasteiger partial charge < -0.3 is 65.2 Å². The molecule has 0 aromatic heterocycles. The first kappa shape index (κ1) is 83.0. The van der Waals surface area contributed by atoms with Gasteiger partial charge in [0.2, 0.25) is 0 Å². The van der Waals surface area contributed by atoms with Crippen molar-refractivity contribution in [1.82, 2.24) is 14.7 Å². The Morgan fingerprint density at radius 2 is 0.771 bits per heavy atom. The molecule has 3 atom stereocenters. The van der Waals surface area contributed by atoms with E-state index in [0.717, 1.165) is 181 Å². The molecule has 0 aliphatic carbocycles. The zero-order chi connectivity index (χ0) is 82.6. The summed E-state index contributed by atoms with van der Waals surface area (Å²) < 4.78 is 0. The fraction of sp³-hybridized carbons (Fsp3) is 0.361. The van der Waals surface area contributed by atoms with E-state index >= 15 is 0 Å². The Labute approximate surface area is 695 Å². The van der Waals surface area contributed by atoms with E-state index in [1.54, 1.807) is 0 Å². The van der Waals surface area contributed by atoms with E-state index in [-0.39, 0.29) is 30.4 Å². The molecule has 2 unspecified atom stereocenters. The second-order valence-electron chi connectivity index (χ2n) is 31.8. The first-order chi connectivity index (χ1) is 57.5. The average Bonchev–Trinajstić information content (AvgIpc) is 0.818. The summed E-state index contributed by atoms with van der Waals surface area (Å²) in [5, 5.41) is 68.0. The predicted octanol–water partition coefficient (Wildman–Crippen LogP) is 15.2. The van der Waals surface area contributed by atoms with Crippen LogP contribution >= 0.6 is 0 Å². The van der Waals surface area contributed by atoms with Crippen molar-refractivity contribution >= 4 is 68.9 Å². The van der Waals surface area contributed by atoms with E-state index < -0.39 is 0 Å². The van der Waals surface area contributed by atoms with Crippen molar-refractivity contribution in [2.24, 2.45) is 0 Å². The number of piperidine rings is 1. The lowest BCUT2D eigenvalue weighted by molar-refractivity contribution is 0.0696. The molecule has 0 spiro atoms. The van der Waals surface area contributed by atoms with E-state index in [1.807, 2.05) is 211 Å². The SMILES string of the molecule is Cc1cc(C)c(C(=O)N2CCN(c3ccccc3C#N)CC2)cc1NC1CCCN(c2ccc(C#N)cc2)CC1.Cc1cc(C)c(C(=O)N2CCN(c3ccccc3C#N)CC2)cc1NC1CCCN(c2cccc(C#N)c2)CC1.Cc1ccc(NC2CCN(c3ccccc3C#N)CC2)cc1C(=O)N1CCN(c2ccccc2)[C@@H](CO)C1. The summed E-state index contributed by atoms with van der Waals surface area (Å²) in [5.74, 6) is 0.153. The molecule has 0 bridgehead atoms. The average molecular weight is 1580 g/mol. The molecule has 6 fully saturated rings. The number of amides is 3. The van der Waals surface area contributed by atoms with Gasteiger partial charge in [0.1, 0.15) is 18.2 Å². The van der Waals surface area contributed by atoms with Crippen LogP contribution in [0.2, 0.25) is 0 Å². The zero-order valence-corrected chi connectivity index (χ0v) is 68.6. The summed E-state index contributed by atoms with van der Waals surface area (Å²) in [6.07, 6.45) is 8.15. The number of nitrogens with zero attached hydrogens (tertiary/aromatic N) is 14. The van der Waals surface area contributed by atoms with Crippen LogP contribution in [0.3, 0.4) is 0 Å². The number of carbonyl (C=O) groups is 3.